The fourth-order valence-corrected chi connectivity index (χ4v) is 6.47. The molecule has 0 N–H and O–H groups in total. The lowest BCUT2D eigenvalue weighted by molar-refractivity contribution is -0.126. The predicted octanol–water partition coefficient (Wildman–Crippen LogP) is 5.91. The average molecular weight is 573 g/mol. The average Bonchev–Trinajstić information content (AvgIpc) is 3.51. The number of hydrogen-bond acceptors (Lipinski definition) is 6. The molecule has 3 heterocycles. The van der Waals surface area contributed by atoms with Crippen molar-refractivity contribution >= 4 is 69.3 Å². The maximum atomic E-state index is 13.8. The molecular weight excluding hydrogens is 557 g/mol. The van der Waals surface area contributed by atoms with E-state index in [9.17, 15) is 14.4 Å². The number of thiazole rings is 1. The van der Waals surface area contributed by atoms with Gasteiger partial charge in [-0.3, -0.25) is 23.8 Å². The molecule has 2 amide bonds. The van der Waals surface area contributed by atoms with Crippen molar-refractivity contribution in [3.8, 4) is 5.69 Å². The summed E-state index contributed by atoms with van der Waals surface area (Å²) in [5.41, 5.74) is 1.49. The fourth-order valence-electron chi connectivity index (χ4n) is 4.71. The van der Waals surface area contributed by atoms with Crippen molar-refractivity contribution < 1.29 is 14.4 Å². The third-order valence-electron chi connectivity index (χ3n) is 6.35. The van der Waals surface area contributed by atoms with Crippen LogP contribution in [-0.2, 0) is 14.4 Å². The third kappa shape index (κ3) is 3.88. The molecule has 1 aromatic heterocycles. The van der Waals surface area contributed by atoms with Crippen LogP contribution in [0.1, 0.15) is 10.9 Å². The second-order valence-corrected chi connectivity index (χ2v) is 10.6. The quantitative estimate of drug-likeness (QED) is 0.284. The van der Waals surface area contributed by atoms with Gasteiger partial charge in [0.25, 0.3) is 5.91 Å². The first-order valence-electron chi connectivity index (χ1n) is 11.2. The lowest BCUT2D eigenvalue weighted by atomic mass is 9.95. The van der Waals surface area contributed by atoms with Gasteiger partial charge < -0.3 is 0 Å². The number of carbonyl (C=O) groups excluding carboxylic acids is 2. The number of fused-ring (bicyclic) bond motifs is 1. The van der Waals surface area contributed by atoms with Crippen molar-refractivity contribution in [3.63, 3.8) is 0 Å². The zero-order chi connectivity index (χ0) is 25.8. The molecule has 186 valence electrons. The van der Waals surface area contributed by atoms with Gasteiger partial charge in [-0.1, -0.05) is 82.5 Å². The van der Waals surface area contributed by atoms with Gasteiger partial charge in [0.15, 0.2) is 6.10 Å². The number of hydroxylamine groups is 1. The lowest BCUT2D eigenvalue weighted by Crippen LogP contribution is -2.37. The monoisotopic (exact) mass is 571 g/mol. The van der Waals surface area contributed by atoms with Gasteiger partial charge in [-0.15, -0.1) is 0 Å². The van der Waals surface area contributed by atoms with Crippen LogP contribution in [0.25, 0.3) is 5.69 Å². The van der Waals surface area contributed by atoms with Gasteiger partial charge in [-0.05, 0) is 42.5 Å². The number of nitrogens with zero attached hydrogens (tertiary/aromatic N) is 3. The Labute approximate surface area is 229 Å². The van der Waals surface area contributed by atoms with E-state index in [2.05, 4.69) is 0 Å². The highest BCUT2D eigenvalue weighted by atomic mass is 35.5. The molecule has 4 aromatic rings. The lowest BCUT2D eigenvalue weighted by Gasteiger charge is -2.28. The third-order valence-corrected chi connectivity index (χ3v) is 8.59. The first kappa shape index (κ1) is 24.2. The summed E-state index contributed by atoms with van der Waals surface area (Å²) in [4.78, 5) is 47.7. The van der Waals surface area contributed by atoms with Gasteiger partial charge in [0.1, 0.15) is 17.1 Å². The number of para-hydroxylation sites is 2. The summed E-state index contributed by atoms with van der Waals surface area (Å²) < 4.78 is 1.38. The Morgan fingerprint density at radius 2 is 1.38 bits per heavy atom. The summed E-state index contributed by atoms with van der Waals surface area (Å²) >= 11 is 19.9. The Bertz CT molecular complexity index is 1590. The zero-order valence-corrected chi connectivity index (χ0v) is 21.8. The van der Waals surface area contributed by atoms with Crippen molar-refractivity contribution in [3.05, 3.63) is 109 Å². The number of amides is 2. The number of aromatic nitrogens is 1. The molecule has 2 aliphatic heterocycles. The van der Waals surface area contributed by atoms with Gasteiger partial charge in [0.2, 0.25) is 5.91 Å². The minimum absolute atomic E-state index is 0.157. The van der Waals surface area contributed by atoms with Crippen LogP contribution in [0.2, 0.25) is 15.2 Å². The number of benzene rings is 3. The van der Waals surface area contributed by atoms with E-state index in [1.165, 1.54) is 21.8 Å². The Balaban J connectivity index is 1.49. The van der Waals surface area contributed by atoms with Gasteiger partial charge in [-0.2, -0.15) is 0 Å². The topological polar surface area (TPSA) is 71.8 Å². The molecule has 0 spiro atoms. The van der Waals surface area contributed by atoms with E-state index in [-0.39, 0.29) is 20.7 Å². The smallest absolute Gasteiger partial charge is 0.273 e. The van der Waals surface area contributed by atoms with Crippen LogP contribution < -0.4 is 14.8 Å². The Hall–Kier alpha value is -3.14. The van der Waals surface area contributed by atoms with Crippen LogP contribution in [0.15, 0.2) is 83.7 Å². The Morgan fingerprint density at radius 1 is 0.730 bits per heavy atom. The van der Waals surface area contributed by atoms with E-state index in [4.69, 9.17) is 39.6 Å². The molecule has 11 heteroatoms. The number of rotatable bonds is 4. The second-order valence-electron chi connectivity index (χ2n) is 8.46. The first-order valence-corrected chi connectivity index (χ1v) is 13.1. The number of halogens is 3. The highest BCUT2D eigenvalue weighted by Gasteiger charge is 2.61. The molecule has 0 saturated carbocycles. The number of hydrogen-bond donors (Lipinski definition) is 0. The minimum Gasteiger partial charge on any atom is -0.273 e. The van der Waals surface area contributed by atoms with Gasteiger partial charge in [0.05, 0.1) is 32.0 Å². The van der Waals surface area contributed by atoms with E-state index in [1.54, 1.807) is 42.5 Å². The van der Waals surface area contributed by atoms with Gasteiger partial charge >= 0.3 is 4.87 Å². The second kappa shape index (κ2) is 9.31. The molecule has 0 unspecified atom stereocenters. The first-order chi connectivity index (χ1) is 17.9. The van der Waals surface area contributed by atoms with Crippen LogP contribution >= 0.6 is 46.1 Å². The van der Waals surface area contributed by atoms with Crippen molar-refractivity contribution in [2.45, 2.75) is 12.1 Å². The van der Waals surface area contributed by atoms with Gasteiger partial charge in [0, 0.05) is 0 Å². The highest BCUT2D eigenvalue weighted by molar-refractivity contribution is 7.10. The molecule has 3 aromatic carbocycles. The molecule has 6 rings (SSSR count). The number of carbonyl (C=O) groups is 2. The molecule has 0 bridgehead atoms. The molecular formula is C26H16Cl3N3O4S. The summed E-state index contributed by atoms with van der Waals surface area (Å²) in [6.45, 7) is 0. The summed E-state index contributed by atoms with van der Waals surface area (Å²) in [7, 11) is 0. The number of anilines is 2. The van der Waals surface area contributed by atoms with E-state index < -0.39 is 29.9 Å². The van der Waals surface area contributed by atoms with Crippen LogP contribution in [0.5, 0.6) is 0 Å². The molecule has 37 heavy (non-hydrogen) atoms. The van der Waals surface area contributed by atoms with Crippen molar-refractivity contribution in [2.24, 2.45) is 5.92 Å². The SMILES string of the molecule is O=C1[C@H]2[C@H](ON(c3ccccc3)[C@@H]2c2sc(=O)n(-c3ccccc3)c2Cl)C(=O)N1c1ccc(Cl)c(Cl)c1. The zero-order valence-electron chi connectivity index (χ0n) is 18.8. The molecule has 0 aliphatic carbocycles. The van der Waals surface area contributed by atoms with Crippen LogP contribution in [-0.4, -0.2) is 22.5 Å². The Kier molecular flexibility index (Phi) is 6.09. The molecule has 2 saturated heterocycles. The van der Waals surface area contributed by atoms with Crippen LogP contribution in [0.3, 0.4) is 0 Å². The summed E-state index contributed by atoms with van der Waals surface area (Å²) in [6, 6.07) is 21.7. The maximum Gasteiger partial charge on any atom is 0.313 e. The van der Waals surface area contributed by atoms with Crippen molar-refractivity contribution in [1.82, 2.24) is 4.57 Å². The number of imide groups is 1. The fraction of sp³-hybridized carbons (Fsp3) is 0.115. The van der Waals surface area contributed by atoms with E-state index in [0.717, 1.165) is 16.2 Å². The van der Waals surface area contributed by atoms with E-state index >= 15 is 0 Å². The molecule has 0 radical (unpaired) electrons. The highest BCUT2D eigenvalue weighted by Crippen LogP contribution is 2.50. The van der Waals surface area contributed by atoms with E-state index in [0.29, 0.717) is 21.3 Å². The normalized spacial score (nSPS) is 21.1. The molecule has 2 fully saturated rings. The predicted molar refractivity (Wildman–Crippen MR) is 144 cm³/mol. The summed E-state index contributed by atoms with van der Waals surface area (Å²) in [5, 5.41) is 2.17. The van der Waals surface area contributed by atoms with Crippen LogP contribution in [0.4, 0.5) is 11.4 Å². The van der Waals surface area contributed by atoms with E-state index in [1.807, 2.05) is 24.3 Å². The summed E-state index contributed by atoms with van der Waals surface area (Å²) in [5.74, 6) is -1.98. The van der Waals surface area contributed by atoms with Crippen molar-refractivity contribution in [1.29, 1.82) is 0 Å². The Morgan fingerprint density at radius 3 is 2.03 bits per heavy atom. The standard InChI is InChI=1S/C26H16Cl3N3O4S/c27-17-12-11-16(13-18(17)28)31-24(33)19-20(32(36-21(19)25(31)34)15-9-5-2-6-10-15)22-23(29)30(26(35)37-22)14-7-3-1-4-8-14/h1-13,19-21H/t19-,20+,21+/m1/s1. The maximum absolute atomic E-state index is 13.8. The molecule has 2 aliphatic rings. The minimum atomic E-state index is -1.12. The van der Waals surface area contributed by atoms with Crippen LogP contribution in [0, 0.1) is 5.92 Å². The van der Waals surface area contributed by atoms with Gasteiger partial charge in [-0.25, -0.2) is 9.96 Å². The van der Waals surface area contributed by atoms with Crippen molar-refractivity contribution in [2.75, 3.05) is 9.96 Å². The molecule has 7 nitrogen and oxygen atoms in total. The largest absolute Gasteiger partial charge is 0.313 e. The molecule has 3 atom stereocenters. The summed E-state index contributed by atoms with van der Waals surface area (Å²) in [6.07, 6.45) is -1.12.